The zero-order chi connectivity index (χ0) is 15.8. The predicted molar refractivity (Wildman–Crippen MR) is 88.3 cm³/mol. The maximum absolute atomic E-state index is 12.5. The van der Waals surface area contributed by atoms with Crippen LogP contribution >= 0.6 is 0 Å². The van der Waals surface area contributed by atoms with Crippen LogP contribution in [0.5, 0.6) is 0 Å². The fourth-order valence-corrected chi connectivity index (χ4v) is 2.69. The number of benzene rings is 2. The Morgan fingerprint density at radius 2 is 1.65 bits per heavy atom. The van der Waals surface area contributed by atoms with E-state index >= 15 is 0 Å². The average molecular weight is 303 g/mol. The van der Waals surface area contributed by atoms with Gasteiger partial charge in [0.1, 0.15) is 5.57 Å². The lowest BCUT2D eigenvalue weighted by Gasteiger charge is -2.13. The third-order valence-electron chi connectivity index (χ3n) is 3.83. The molecule has 1 aliphatic heterocycles. The second kappa shape index (κ2) is 5.14. The fraction of sp³-hybridized carbons (Fsp3) is 0. The molecule has 0 radical (unpaired) electrons. The topological polar surface area (TPSA) is 65.2 Å². The number of carbonyl (C=O) groups is 2. The van der Waals surface area contributed by atoms with E-state index in [4.69, 9.17) is 0 Å². The van der Waals surface area contributed by atoms with E-state index in [9.17, 15) is 9.59 Å². The van der Waals surface area contributed by atoms with Gasteiger partial charge < -0.3 is 4.98 Å². The number of para-hydroxylation sites is 2. The van der Waals surface area contributed by atoms with Gasteiger partial charge in [-0.2, -0.15) is 0 Å². The molecule has 5 heteroatoms. The van der Waals surface area contributed by atoms with Gasteiger partial charge in [-0.25, -0.2) is 5.01 Å². The van der Waals surface area contributed by atoms with Gasteiger partial charge in [-0.05, 0) is 24.3 Å². The van der Waals surface area contributed by atoms with E-state index in [2.05, 4.69) is 10.4 Å². The summed E-state index contributed by atoms with van der Waals surface area (Å²) in [5.74, 6) is -0.754. The van der Waals surface area contributed by atoms with Gasteiger partial charge in [0, 0.05) is 22.7 Å². The summed E-state index contributed by atoms with van der Waals surface area (Å²) in [5, 5.41) is 2.24. The van der Waals surface area contributed by atoms with Crippen LogP contribution in [0.15, 0.2) is 66.4 Å². The van der Waals surface area contributed by atoms with Gasteiger partial charge in [0.15, 0.2) is 0 Å². The number of nitrogens with zero attached hydrogens (tertiary/aromatic N) is 1. The van der Waals surface area contributed by atoms with E-state index in [1.807, 2.05) is 42.5 Å². The second-order valence-electron chi connectivity index (χ2n) is 5.26. The van der Waals surface area contributed by atoms with Crippen LogP contribution in [0.25, 0.3) is 17.0 Å². The van der Waals surface area contributed by atoms with Crippen molar-refractivity contribution in [1.29, 1.82) is 0 Å². The van der Waals surface area contributed by atoms with Crippen LogP contribution in [0, 0.1) is 0 Å². The highest BCUT2D eigenvalue weighted by atomic mass is 16.2. The molecular weight excluding hydrogens is 290 g/mol. The van der Waals surface area contributed by atoms with Crippen LogP contribution < -0.4 is 10.4 Å². The molecule has 1 aliphatic rings. The van der Waals surface area contributed by atoms with Crippen molar-refractivity contribution in [3.05, 3.63) is 71.9 Å². The Kier molecular flexibility index (Phi) is 2.98. The molecule has 0 unspecified atom stereocenters. The highest BCUT2D eigenvalue weighted by Gasteiger charge is 2.34. The number of fused-ring (bicyclic) bond motifs is 1. The fourth-order valence-electron chi connectivity index (χ4n) is 2.69. The first-order valence-electron chi connectivity index (χ1n) is 7.22. The number of aromatic nitrogens is 1. The summed E-state index contributed by atoms with van der Waals surface area (Å²) >= 11 is 0. The molecule has 1 saturated heterocycles. The normalized spacial score (nSPS) is 16.3. The Hall–Kier alpha value is -3.34. The second-order valence-corrected chi connectivity index (χ2v) is 5.26. The number of hydrazine groups is 1. The summed E-state index contributed by atoms with van der Waals surface area (Å²) in [5.41, 5.74) is 5.13. The molecule has 0 atom stereocenters. The Balaban J connectivity index is 1.74. The van der Waals surface area contributed by atoms with Crippen molar-refractivity contribution in [2.75, 3.05) is 5.01 Å². The first-order valence-corrected chi connectivity index (χ1v) is 7.22. The van der Waals surface area contributed by atoms with Crippen molar-refractivity contribution in [3.63, 3.8) is 0 Å². The number of aromatic amines is 1. The third kappa shape index (κ3) is 2.19. The number of carbonyl (C=O) groups excluding carboxylic acids is 2. The standard InChI is InChI=1S/C18H13N3O2/c22-17-15(10-12-11-19-16-9-5-4-8-14(12)16)18(23)21(20-17)13-6-2-1-3-7-13/h1-11,19H,(H,20,22). The van der Waals surface area contributed by atoms with E-state index in [-0.39, 0.29) is 11.5 Å². The van der Waals surface area contributed by atoms with Crippen molar-refractivity contribution in [3.8, 4) is 0 Å². The van der Waals surface area contributed by atoms with Crippen LogP contribution in [0.4, 0.5) is 5.69 Å². The maximum Gasteiger partial charge on any atom is 0.282 e. The molecule has 0 bridgehead atoms. The first-order chi connectivity index (χ1) is 11.2. The van der Waals surface area contributed by atoms with Crippen molar-refractivity contribution >= 4 is 34.5 Å². The minimum absolute atomic E-state index is 0.124. The lowest BCUT2D eigenvalue weighted by atomic mass is 10.1. The zero-order valence-electron chi connectivity index (χ0n) is 12.1. The first kappa shape index (κ1) is 13.3. The summed E-state index contributed by atoms with van der Waals surface area (Å²) in [4.78, 5) is 27.9. The summed E-state index contributed by atoms with van der Waals surface area (Å²) in [7, 11) is 0. The summed E-state index contributed by atoms with van der Waals surface area (Å²) in [6, 6.07) is 16.8. The Labute approximate surface area is 132 Å². The molecule has 3 aromatic rings. The van der Waals surface area contributed by atoms with Crippen molar-refractivity contribution in [2.45, 2.75) is 0 Å². The minimum atomic E-state index is -0.399. The molecule has 112 valence electrons. The number of nitrogens with one attached hydrogen (secondary N) is 2. The van der Waals surface area contributed by atoms with E-state index in [1.165, 1.54) is 5.01 Å². The number of hydrogen-bond acceptors (Lipinski definition) is 2. The highest BCUT2D eigenvalue weighted by Crippen LogP contribution is 2.24. The van der Waals surface area contributed by atoms with Crippen molar-refractivity contribution < 1.29 is 9.59 Å². The summed E-state index contributed by atoms with van der Waals surface area (Å²) in [6.07, 6.45) is 3.42. The molecule has 0 aliphatic carbocycles. The lowest BCUT2D eigenvalue weighted by Crippen LogP contribution is -2.35. The van der Waals surface area contributed by atoms with Gasteiger partial charge in [-0.15, -0.1) is 0 Å². The molecule has 2 amide bonds. The number of anilines is 1. The van der Waals surface area contributed by atoms with Crippen molar-refractivity contribution in [2.24, 2.45) is 0 Å². The quantitative estimate of drug-likeness (QED) is 0.564. The van der Waals surface area contributed by atoms with Gasteiger partial charge in [-0.3, -0.25) is 15.0 Å². The number of H-pyrrole nitrogens is 1. The molecule has 0 saturated carbocycles. The van der Waals surface area contributed by atoms with E-state index < -0.39 is 5.91 Å². The van der Waals surface area contributed by atoms with Gasteiger partial charge in [0.2, 0.25) is 0 Å². The predicted octanol–water partition coefficient (Wildman–Crippen LogP) is 2.63. The van der Waals surface area contributed by atoms with Gasteiger partial charge >= 0.3 is 0 Å². The van der Waals surface area contributed by atoms with Gasteiger partial charge in [0.05, 0.1) is 5.69 Å². The van der Waals surface area contributed by atoms with E-state index in [1.54, 1.807) is 24.4 Å². The van der Waals surface area contributed by atoms with Crippen LogP contribution in [0.1, 0.15) is 5.56 Å². The molecule has 2 N–H and O–H groups in total. The largest absolute Gasteiger partial charge is 0.361 e. The number of amides is 2. The molecule has 2 aromatic carbocycles. The molecule has 4 rings (SSSR count). The Bertz CT molecular complexity index is 941. The van der Waals surface area contributed by atoms with Crippen molar-refractivity contribution in [1.82, 2.24) is 10.4 Å². The molecule has 1 fully saturated rings. The molecule has 5 nitrogen and oxygen atoms in total. The monoisotopic (exact) mass is 303 g/mol. The average Bonchev–Trinajstić information content (AvgIpc) is 3.12. The minimum Gasteiger partial charge on any atom is -0.361 e. The third-order valence-corrected chi connectivity index (χ3v) is 3.83. The SMILES string of the molecule is O=C1NN(c2ccccc2)C(=O)C1=Cc1c[nH]c2ccccc12. The molecular formula is C18H13N3O2. The Morgan fingerprint density at radius 1 is 0.913 bits per heavy atom. The lowest BCUT2D eigenvalue weighted by molar-refractivity contribution is -0.117. The molecule has 1 aromatic heterocycles. The molecule has 23 heavy (non-hydrogen) atoms. The smallest absolute Gasteiger partial charge is 0.282 e. The molecule has 2 heterocycles. The maximum atomic E-state index is 12.5. The highest BCUT2D eigenvalue weighted by molar-refractivity contribution is 6.32. The molecule has 0 spiro atoms. The van der Waals surface area contributed by atoms with Gasteiger partial charge in [0.25, 0.3) is 11.8 Å². The van der Waals surface area contributed by atoms with Crippen LogP contribution in [0.2, 0.25) is 0 Å². The zero-order valence-corrected chi connectivity index (χ0v) is 12.1. The van der Waals surface area contributed by atoms with E-state index in [0.29, 0.717) is 5.69 Å². The number of rotatable bonds is 2. The van der Waals surface area contributed by atoms with Crippen LogP contribution in [-0.2, 0) is 9.59 Å². The summed E-state index contributed by atoms with van der Waals surface area (Å²) in [6.45, 7) is 0. The summed E-state index contributed by atoms with van der Waals surface area (Å²) < 4.78 is 0. The van der Waals surface area contributed by atoms with Crippen LogP contribution in [0.3, 0.4) is 0 Å². The van der Waals surface area contributed by atoms with E-state index in [0.717, 1.165) is 16.5 Å². The van der Waals surface area contributed by atoms with Crippen LogP contribution in [-0.4, -0.2) is 16.8 Å². The van der Waals surface area contributed by atoms with Gasteiger partial charge in [-0.1, -0.05) is 36.4 Å². The number of hydrogen-bond donors (Lipinski definition) is 2. The Morgan fingerprint density at radius 3 is 2.48 bits per heavy atom.